The van der Waals surface area contributed by atoms with Gasteiger partial charge in [-0.05, 0) is 80.0 Å². The molecule has 3 aliphatic heterocycles. The van der Waals surface area contributed by atoms with E-state index in [1.807, 2.05) is 0 Å². The third-order valence-electron chi connectivity index (χ3n) is 11.6. The van der Waals surface area contributed by atoms with Gasteiger partial charge in [-0.25, -0.2) is 8.78 Å². The molecule has 8 nitrogen and oxygen atoms in total. The second kappa shape index (κ2) is 11.3. The van der Waals surface area contributed by atoms with E-state index in [4.69, 9.17) is 16.1 Å². The average molecular weight is 652 g/mol. The Morgan fingerprint density at radius 2 is 1.77 bits per heavy atom. The van der Waals surface area contributed by atoms with Gasteiger partial charge < -0.3 is 30.1 Å². The van der Waals surface area contributed by atoms with Crippen LogP contribution in [0, 0.1) is 41.2 Å². The Morgan fingerprint density at radius 3 is 2.48 bits per heavy atom. The highest BCUT2D eigenvalue weighted by molar-refractivity contribution is 6.04. The molecule has 4 unspecified atom stereocenters. The lowest BCUT2D eigenvalue weighted by Gasteiger charge is -2.34. The van der Waals surface area contributed by atoms with Crippen molar-refractivity contribution in [2.45, 2.75) is 56.7 Å². The number of nitrogens with one attached hydrogen (secondary N) is 1. The highest BCUT2D eigenvalue weighted by Crippen LogP contribution is 2.49. The Bertz CT molecular complexity index is 1970. The van der Waals surface area contributed by atoms with E-state index >= 15 is 8.78 Å². The van der Waals surface area contributed by atoms with E-state index < -0.39 is 11.6 Å². The fraction of sp³-hybridized carbons (Fsp3) is 0.474. The number of hydrogen-bond acceptors (Lipinski definition) is 8. The molecular formula is C38H39F2N5O3. The largest absolute Gasteiger partial charge is 0.508 e. The maximum absolute atomic E-state index is 16.9. The zero-order valence-electron chi connectivity index (χ0n) is 26.8. The maximum Gasteiger partial charge on any atom is 0.319 e. The standard InChI is InChI=1S/C38H39F2N5O3/c1-2-21-4-3-5-22-10-28(47)13-29(32(21)22)33-31(39)14-30-35(34(33)40)42-37(43-36(30)45-17-25-6-7-26(18-45)41-25)48-20-38(8-9-38)19-44-15-23-11-27(46)12-24(23)16-44/h1,3-5,10,13-14,23-27,41,46-47H,6-9,11-12,15-20H2. The molecule has 3 aromatic carbocycles. The molecule has 3 N–H and O–H groups in total. The molecular weight excluding hydrogens is 612 g/mol. The van der Waals surface area contributed by atoms with Gasteiger partial charge in [0.1, 0.15) is 22.9 Å². The molecule has 2 aliphatic carbocycles. The number of hydrogen-bond donors (Lipinski definition) is 3. The van der Waals surface area contributed by atoms with Crippen LogP contribution in [0.3, 0.4) is 0 Å². The van der Waals surface area contributed by atoms with Crippen LogP contribution in [0.4, 0.5) is 14.6 Å². The smallest absolute Gasteiger partial charge is 0.319 e. The van der Waals surface area contributed by atoms with E-state index in [2.05, 4.69) is 26.0 Å². The summed E-state index contributed by atoms with van der Waals surface area (Å²) in [6.07, 6.45) is 11.6. The first-order valence-corrected chi connectivity index (χ1v) is 17.2. The molecule has 48 heavy (non-hydrogen) atoms. The highest BCUT2D eigenvalue weighted by Gasteiger charge is 2.48. The molecule has 0 spiro atoms. The quantitative estimate of drug-likeness (QED) is 0.235. The number of halogens is 2. The van der Waals surface area contributed by atoms with Crippen molar-refractivity contribution in [2.75, 3.05) is 44.2 Å². The van der Waals surface area contributed by atoms with Crippen LogP contribution in [0.2, 0.25) is 0 Å². The number of aromatic hydroxyl groups is 1. The van der Waals surface area contributed by atoms with E-state index in [1.165, 1.54) is 18.2 Å². The number of fused-ring (bicyclic) bond motifs is 5. The molecule has 4 aromatic rings. The Labute approximate surface area is 278 Å². The third kappa shape index (κ3) is 5.15. The zero-order chi connectivity index (χ0) is 32.7. The summed E-state index contributed by atoms with van der Waals surface area (Å²) >= 11 is 0. The number of phenolic OH excluding ortho intramolecular Hbond substituents is 1. The average Bonchev–Trinajstić information content (AvgIpc) is 3.42. The van der Waals surface area contributed by atoms with E-state index in [-0.39, 0.29) is 57.4 Å². The zero-order valence-corrected chi connectivity index (χ0v) is 26.8. The lowest BCUT2D eigenvalue weighted by atomic mass is 9.93. The van der Waals surface area contributed by atoms with Gasteiger partial charge >= 0.3 is 6.01 Å². The van der Waals surface area contributed by atoms with Crippen LogP contribution < -0.4 is 15.0 Å². The van der Waals surface area contributed by atoms with Crippen molar-refractivity contribution < 1.29 is 23.7 Å². The minimum atomic E-state index is -0.845. The Kier molecular flexibility index (Phi) is 7.05. The molecule has 4 atom stereocenters. The molecule has 10 heteroatoms. The third-order valence-corrected chi connectivity index (χ3v) is 11.6. The Balaban J connectivity index is 1.10. The Hall–Kier alpha value is -4.04. The minimum Gasteiger partial charge on any atom is -0.508 e. The monoisotopic (exact) mass is 651 g/mol. The van der Waals surface area contributed by atoms with Gasteiger partial charge in [0.05, 0.1) is 18.3 Å². The number of aromatic nitrogens is 2. The number of aliphatic hydroxyl groups excluding tert-OH is 1. The molecule has 248 valence electrons. The summed E-state index contributed by atoms with van der Waals surface area (Å²) in [5, 5.41) is 25.6. The predicted octanol–water partition coefficient (Wildman–Crippen LogP) is 5.22. The molecule has 5 aliphatic rings. The number of likely N-dealkylation sites (tertiary alicyclic amines) is 1. The summed E-state index contributed by atoms with van der Waals surface area (Å²) in [5.41, 5.74) is 0.298. The van der Waals surface area contributed by atoms with Crippen molar-refractivity contribution in [1.29, 1.82) is 0 Å². The number of ether oxygens (including phenoxy) is 1. The van der Waals surface area contributed by atoms with Crippen LogP contribution in [-0.4, -0.2) is 82.6 Å². The summed E-state index contributed by atoms with van der Waals surface area (Å²) in [7, 11) is 0. The van der Waals surface area contributed by atoms with Crippen molar-refractivity contribution in [3.05, 3.63) is 53.6 Å². The molecule has 0 radical (unpaired) electrons. The molecule has 0 amide bonds. The lowest BCUT2D eigenvalue weighted by molar-refractivity contribution is 0.142. The van der Waals surface area contributed by atoms with E-state index in [0.717, 1.165) is 58.2 Å². The summed E-state index contributed by atoms with van der Waals surface area (Å²) in [6, 6.07) is 10.1. The van der Waals surface area contributed by atoms with E-state index in [1.54, 1.807) is 18.2 Å². The first-order chi connectivity index (χ1) is 23.3. The van der Waals surface area contributed by atoms with Crippen molar-refractivity contribution in [3.8, 4) is 35.2 Å². The number of terminal acetylenes is 1. The van der Waals surface area contributed by atoms with Crippen LogP contribution >= 0.6 is 0 Å². The van der Waals surface area contributed by atoms with Gasteiger partial charge in [0, 0.05) is 72.1 Å². The van der Waals surface area contributed by atoms with Crippen LogP contribution in [0.15, 0.2) is 36.4 Å². The van der Waals surface area contributed by atoms with Crippen molar-refractivity contribution in [2.24, 2.45) is 17.3 Å². The second-order valence-corrected chi connectivity index (χ2v) is 15.0. The molecule has 2 saturated carbocycles. The van der Waals surface area contributed by atoms with Gasteiger partial charge in [-0.15, -0.1) is 6.42 Å². The molecule has 9 rings (SSSR count). The van der Waals surface area contributed by atoms with Gasteiger partial charge in [-0.3, -0.25) is 0 Å². The van der Waals surface area contributed by atoms with Gasteiger partial charge in [0.15, 0.2) is 5.82 Å². The highest BCUT2D eigenvalue weighted by atomic mass is 19.1. The molecule has 2 bridgehead atoms. The molecule has 4 heterocycles. The van der Waals surface area contributed by atoms with Crippen LogP contribution in [-0.2, 0) is 0 Å². The van der Waals surface area contributed by atoms with Crippen LogP contribution in [0.1, 0.15) is 44.1 Å². The summed E-state index contributed by atoms with van der Waals surface area (Å²) < 4.78 is 39.6. The first kappa shape index (κ1) is 30.1. The Morgan fingerprint density at radius 1 is 1.02 bits per heavy atom. The normalized spacial score (nSPS) is 27.5. The first-order valence-electron chi connectivity index (χ1n) is 17.2. The molecule has 1 aromatic heterocycles. The lowest BCUT2D eigenvalue weighted by Crippen LogP contribution is -2.51. The van der Waals surface area contributed by atoms with E-state index in [9.17, 15) is 10.2 Å². The number of piperazine rings is 1. The van der Waals surface area contributed by atoms with Crippen molar-refractivity contribution >= 4 is 27.5 Å². The summed E-state index contributed by atoms with van der Waals surface area (Å²) in [5.74, 6) is 2.48. The van der Waals surface area contributed by atoms with Gasteiger partial charge in [0.25, 0.3) is 0 Å². The van der Waals surface area contributed by atoms with Crippen LogP contribution in [0.5, 0.6) is 11.8 Å². The fourth-order valence-corrected chi connectivity index (χ4v) is 9.12. The van der Waals surface area contributed by atoms with Crippen molar-refractivity contribution in [1.82, 2.24) is 20.2 Å². The van der Waals surface area contributed by atoms with E-state index in [0.29, 0.717) is 53.7 Å². The number of rotatable bonds is 7. The number of aliphatic hydroxyl groups is 1. The maximum atomic E-state index is 16.9. The van der Waals surface area contributed by atoms with Crippen LogP contribution in [0.25, 0.3) is 32.8 Å². The van der Waals surface area contributed by atoms with Gasteiger partial charge in [-0.2, -0.15) is 9.97 Å². The number of phenols is 1. The SMILES string of the molecule is C#Cc1cccc2cc(O)cc(-c3c(F)cc4c(N5CC6CCC(C5)N6)nc(OCC5(CN6CC7CC(O)CC7C6)CC5)nc4c3F)c12. The minimum absolute atomic E-state index is 0.0114. The number of benzene rings is 3. The number of nitrogens with zero attached hydrogens (tertiary/aromatic N) is 4. The summed E-state index contributed by atoms with van der Waals surface area (Å²) in [6.45, 7) is 4.70. The number of anilines is 1. The topological polar surface area (TPSA) is 94.0 Å². The predicted molar refractivity (Wildman–Crippen MR) is 180 cm³/mol. The second-order valence-electron chi connectivity index (χ2n) is 15.0. The summed E-state index contributed by atoms with van der Waals surface area (Å²) in [4.78, 5) is 14.1. The molecule has 5 fully saturated rings. The molecule has 3 saturated heterocycles. The van der Waals surface area contributed by atoms with Gasteiger partial charge in [-0.1, -0.05) is 18.1 Å². The van der Waals surface area contributed by atoms with Crippen molar-refractivity contribution in [3.63, 3.8) is 0 Å². The fourth-order valence-electron chi connectivity index (χ4n) is 9.12. The van der Waals surface area contributed by atoms with Gasteiger partial charge in [0.2, 0.25) is 0 Å².